The van der Waals surface area contributed by atoms with Crippen molar-refractivity contribution < 1.29 is 19.8 Å². The summed E-state index contributed by atoms with van der Waals surface area (Å²) >= 11 is 0. The second-order valence-corrected chi connectivity index (χ2v) is 7.41. The first-order valence-corrected chi connectivity index (χ1v) is 7.64. The van der Waals surface area contributed by atoms with E-state index in [4.69, 9.17) is 10.2 Å². The molecule has 22 heavy (non-hydrogen) atoms. The van der Waals surface area contributed by atoms with Crippen LogP contribution in [-0.4, -0.2) is 59.3 Å². The minimum absolute atomic E-state index is 0.509. The zero-order chi connectivity index (χ0) is 17.0. The molecule has 2 aliphatic heterocycles. The van der Waals surface area contributed by atoms with Gasteiger partial charge >= 0.3 is 11.9 Å². The summed E-state index contributed by atoms with van der Waals surface area (Å²) < 4.78 is 0. The van der Waals surface area contributed by atoms with Gasteiger partial charge in [0.1, 0.15) is 0 Å². The average molecular weight is 312 g/mol. The molecule has 0 aliphatic carbocycles. The number of hydrogen-bond acceptors (Lipinski definition) is 4. The van der Waals surface area contributed by atoms with Crippen LogP contribution in [0, 0.1) is 10.8 Å². The van der Waals surface area contributed by atoms with E-state index in [1.807, 2.05) is 0 Å². The third-order valence-corrected chi connectivity index (χ3v) is 4.23. The van der Waals surface area contributed by atoms with Crippen LogP contribution in [0.4, 0.5) is 0 Å². The highest BCUT2D eigenvalue weighted by Crippen LogP contribution is 2.42. The molecule has 2 heterocycles. The number of rotatable bonds is 3. The zero-order valence-electron chi connectivity index (χ0n) is 13.9. The lowest BCUT2D eigenvalue weighted by molar-refractivity contribution is -0.134. The molecule has 0 spiro atoms. The molecule has 0 aromatic rings. The Balaban J connectivity index is 0.000000261. The largest absolute Gasteiger partial charge is 0.478 e. The van der Waals surface area contributed by atoms with Gasteiger partial charge < -0.3 is 15.5 Å². The van der Waals surface area contributed by atoms with Crippen molar-refractivity contribution in [3.63, 3.8) is 0 Å². The van der Waals surface area contributed by atoms with Crippen LogP contribution in [0.1, 0.15) is 34.1 Å². The molecule has 2 rings (SSSR count). The van der Waals surface area contributed by atoms with Gasteiger partial charge in [-0.05, 0) is 31.1 Å². The maximum Gasteiger partial charge on any atom is 0.328 e. The number of carboxylic acids is 2. The van der Waals surface area contributed by atoms with Crippen LogP contribution in [0.3, 0.4) is 0 Å². The second kappa shape index (κ2) is 7.24. The number of piperidine rings is 2. The molecule has 126 valence electrons. The van der Waals surface area contributed by atoms with E-state index in [0.29, 0.717) is 29.0 Å². The average Bonchev–Trinajstić information content (AvgIpc) is 2.34. The van der Waals surface area contributed by atoms with E-state index in [-0.39, 0.29) is 0 Å². The first-order chi connectivity index (χ1) is 10.1. The summed E-state index contributed by atoms with van der Waals surface area (Å²) in [6, 6.07) is 0.701. The Kier molecular flexibility index (Phi) is 6.14. The summed E-state index contributed by atoms with van der Waals surface area (Å²) in [4.78, 5) is 21.8. The first kappa shape index (κ1) is 18.6. The molecule has 0 saturated carbocycles. The molecule has 2 saturated heterocycles. The number of nitrogens with one attached hydrogen (secondary N) is 1. The van der Waals surface area contributed by atoms with Crippen LogP contribution in [0.2, 0.25) is 0 Å². The zero-order valence-corrected chi connectivity index (χ0v) is 13.9. The Bertz CT molecular complexity index is 415. The third-order valence-electron chi connectivity index (χ3n) is 4.23. The molecular weight excluding hydrogens is 284 g/mol. The van der Waals surface area contributed by atoms with E-state index in [1.54, 1.807) is 0 Å². The fraction of sp³-hybridized carbons (Fsp3) is 0.750. The Labute approximate surface area is 132 Å². The van der Waals surface area contributed by atoms with E-state index in [1.165, 1.54) is 32.6 Å². The predicted octanol–water partition coefficient (Wildman–Crippen LogP) is 1.43. The molecule has 6 nitrogen and oxygen atoms in total. The maximum absolute atomic E-state index is 9.55. The van der Waals surface area contributed by atoms with Gasteiger partial charge in [-0.15, -0.1) is 0 Å². The molecule has 3 N–H and O–H groups in total. The summed E-state index contributed by atoms with van der Waals surface area (Å²) in [5, 5.41) is 19.2. The van der Waals surface area contributed by atoms with Crippen molar-refractivity contribution in [2.75, 3.05) is 26.2 Å². The topological polar surface area (TPSA) is 89.9 Å². The summed E-state index contributed by atoms with van der Waals surface area (Å²) in [5.74, 6) is -2.51. The first-order valence-electron chi connectivity index (χ1n) is 7.64. The number of nitrogens with zero attached hydrogens (tertiary/aromatic N) is 1. The quantitative estimate of drug-likeness (QED) is 0.683. The summed E-state index contributed by atoms with van der Waals surface area (Å²) in [5.41, 5.74) is 1.02. The fourth-order valence-corrected chi connectivity index (χ4v) is 3.59. The molecule has 0 aromatic heterocycles. The second-order valence-electron chi connectivity index (χ2n) is 7.41. The Hall–Kier alpha value is -1.40. The van der Waals surface area contributed by atoms with Crippen molar-refractivity contribution in [1.82, 2.24) is 10.2 Å². The lowest BCUT2D eigenvalue weighted by Gasteiger charge is -2.55. The third kappa shape index (κ3) is 5.77. The Morgan fingerprint density at radius 3 is 1.77 bits per heavy atom. The molecule has 2 atom stereocenters. The van der Waals surface area contributed by atoms with Crippen LogP contribution in [0.25, 0.3) is 0 Å². The fourth-order valence-electron chi connectivity index (χ4n) is 3.59. The number of aliphatic carboxylic acids is 2. The molecule has 0 aromatic carbocycles. The maximum atomic E-state index is 9.55. The van der Waals surface area contributed by atoms with Gasteiger partial charge in [-0.3, -0.25) is 4.90 Å². The van der Waals surface area contributed by atoms with E-state index in [2.05, 4.69) is 37.9 Å². The van der Waals surface area contributed by atoms with E-state index >= 15 is 0 Å². The van der Waals surface area contributed by atoms with Crippen molar-refractivity contribution >= 4 is 11.9 Å². The normalized spacial score (nSPS) is 31.7. The predicted molar refractivity (Wildman–Crippen MR) is 84.8 cm³/mol. The van der Waals surface area contributed by atoms with E-state index in [9.17, 15) is 9.59 Å². The van der Waals surface area contributed by atoms with Gasteiger partial charge in [-0.25, -0.2) is 9.59 Å². The SMILES string of the molecule is CC(C)N1C[C@]2(C)CNC[C@](C)(C1)C2.O=C(O)C=CC(=O)O. The molecule has 2 fully saturated rings. The highest BCUT2D eigenvalue weighted by atomic mass is 16.4. The van der Waals surface area contributed by atoms with Crippen LogP contribution in [-0.2, 0) is 9.59 Å². The smallest absolute Gasteiger partial charge is 0.328 e. The standard InChI is InChI=1S/C12H24N2.C4H4O4/c1-10(2)14-8-11(3)5-12(4,9-14)7-13-6-11;5-3(6)1-2-4(7)8/h10,13H,5-9H2,1-4H3;1-2H,(H,5,6)(H,7,8)/t11-,12+;. The minimum atomic E-state index is -1.26. The number of fused-ring (bicyclic) bond motifs is 2. The summed E-state index contributed by atoms with van der Waals surface area (Å²) in [6.07, 6.45) is 2.51. The van der Waals surface area contributed by atoms with Gasteiger partial charge in [-0.2, -0.15) is 0 Å². The molecule has 6 heteroatoms. The molecule has 2 bridgehead atoms. The van der Waals surface area contributed by atoms with Crippen LogP contribution >= 0.6 is 0 Å². The summed E-state index contributed by atoms with van der Waals surface area (Å²) in [6.45, 7) is 14.5. The van der Waals surface area contributed by atoms with Crippen LogP contribution < -0.4 is 5.32 Å². The van der Waals surface area contributed by atoms with Crippen molar-refractivity contribution in [3.05, 3.63) is 12.2 Å². The molecular formula is C16H28N2O4. The molecule has 0 amide bonds. The molecule has 2 aliphatic rings. The van der Waals surface area contributed by atoms with Gasteiger partial charge in [0.25, 0.3) is 0 Å². The van der Waals surface area contributed by atoms with Crippen LogP contribution in [0.15, 0.2) is 12.2 Å². The van der Waals surface area contributed by atoms with E-state index in [0.717, 1.165) is 0 Å². The highest BCUT2D eigenvalue weighted by Gasteiger charge is 2.45. The highest BCUT2D eigenvalue weighted by molar-refractivity contribution is 5.89. The van der Waals surface area contributed by atoms with Gasteiger partial charge in [-0.1, -0.05) is 13.8 Å². The minimum Gasteiger partial charge on any atom is -0.478 e. The molecule has 0 unspecified atom stereocenters. The number of carbonyl (C=O) groups is 2. The van der Waals surface area contributed by atoms with Gasteiger partial charge in [0.2, 0.25) is 0 Å². The number of carboxylic acid groups (broad SMARTS) is 2. The van der Waals surface area contributed by atoms with Crippen molar-refractivity contribution in [1.29, 1.82) is 0 Å². The Morgan fingerprint density at radius 1 is 1.05 bits per heavy atom. The monoisotopic (exact) mass is 312 g/mol. The van der Waals surface area contributed by atoms with Crippen LogP contribution in [0.5, 0.6) is 0 Å². The summed E-state index contributed by atoms with van der Waals surface area (Å²) in [7, 11) is 0. The number of likely N-dealkylation sites (tertiary alicyclic amines) is 1. The van der Waals surface area contributed by atoms with Crippen molar-refractivity contribution in [2.45, 2.75) is 40.2 Å². The lowest BCUT2D eigenvalue weighted by Crippen LogP contribution is -2.62. The van der Waals surface area contributed by atoms with Crippen molar-refractivity contribution in [2.24, 2.45) is 10.8 Å². The van der Waals surface area contributed by atoms with Gasteiger partial charge in [0, 0.05) is 44.4 Å². The van der Waals surface area contributed by atoms with Gasteiger partial charge in [0.15, 0.2) is 0 Å². The lowest BCUT2D eigenvalue weighted by atomic mass is 9.66. The number of hydrogen-bond donors (Lipinski definition) is 3. The van der Waals surface area contributed by atoms with E-state index < -0.39 is 11.9 Å². The van der Waals surface area contributed by atoms with Crippen molar-refractivity contribution in [3.8, 4) is 0 Å². The van der Waals surface area contributed by atoms with Gasteiger partial charge in [0.05, 0.1) is 0 Å². The Morgan fingerprint density at radius 2 is 1.45 bits per heavy atom. The molecule has 0 radical (unpaired) electrons.